The van der Waals surface area contributed by atoms with Crippen molar-refractivity contribution in [2.75, 3.05) is 13.7 Å². The number of benzene rings is 1. The number of aromatic hydroxyl groups is 1. The molecule has 1 aromatic rings. The molecule has 110 valence electrons. The molecule has 2 N–H and O–H groups in total. The van der Waals surface area contributed by atoms with Crippen molar-refractivity contribution < 1.29 is 14.6 Å². The lowest BCUT2D eigenvalue weighted by atomic mass is 10.0. The molecule has 0 bridgehead atoms. The van der Waals surface area contributed by atoms with E-state index in [1.807, 2.05) is 12.1 Å². The van der Waals surface area contributed by atoms with E-state index >= 15 is 0 Å². The second-order valence-corrected chi connectivity index (χ2v) is 5.88. The van der Waals surface area contributed by atoms with Crippen LogP contribution < -0.4 is 10.1 Å². The third-order valence-electron chi connectivity index (χ3n) is 4.39. The summed E-state index contributed by atoms with van der Waals surface area (Å²) >= 11 is 0. The molecule has 1 aliphatic heterocycles. The Hall–Kier alpha value is -1.26. The highest BCUT2D eigenvalue weighted by atomic mass is 16.5. The van der Waals surface area contributed by atoms with Gasteiger partial charge in [0.1, 0.15) is 11.5 Å². The summed E-state index contributed by atoms with van der Waals surface area (Å²) in [5.74, 6) is 1.71. The van der Waals surface area contributed by atoms with Gasteiger partial charge in [-0.3, -0.25) is 0 Å². The van der Waals surface area contributed by atoms with Gasteiger partial charge in [-0.15, -0.1) is 0 Å². The Bertz CT molecular complexity index is 473. The maximum Gasteiger partial charge on any atom is 0.124 e. The molecule has 3 atom stereocenters. The number of nitrogens with one attached hydrogen (secondary N) is 1. The summed E-state index contributed by atoms with van der Waals surface area (Å²) in [6, 6.07) is 5.98. The van der Waals surface area contributed by atoms with E-state index in [0.29, 0.717) is 17.9 Å². The Labute approximate surface area is 120 Å². The van der Waals surface area contributed by atoms with Crippen molar-refractivity contribution in [3.63, 3.8) is 0 Å². The van der Waals surface area contributed by atoms with Crippen LogP contribution in [0.4, 0.5) is 0 Å². The Morgan fingerprint density at radius 3 is 2.80 bits per heavy atom. The minimum atomic E-state index is 0.105. The fraction of sp³-hybridized carbons (Fsp3) is 0.625. The number of phenols is 1. The van der Waals surface area contributed by atoms with Crippen molar-refractivity contribution >= 4 is 0 Å². The summed E-state index contributed by atoms with van der Waals surface area (Å²) in [5, 5.41) is 13.7. The molecule has 3 rings (SSSR count). The smallest absolute Gasteiger partial charge is 0.124 e. The molecule has 1 aromatic carbocycles. The minimum Gasteiger partial charge on any atom is -0.507 e. The largest absolute Gasteiger partial charge is 0.507 e. The number of ether oxygens (including phenoxy) is 2. The Morgan fingerprint density at radius 1 is 1.35 bits per heavy atom. The van der Waals surface area contributed by atoms with Gasteiger partial charge in [-0.25, -0.2) is 0 Å². The van der Waals surface area contributed by atoms with Gasteiger partial charge >= 0.3 is 0 Å². The van der Waals surface area contributed by atoms with Crippen LogP contribution in [0, 0.1) is 5.92 Å². The zero-order chi connectivity index (χ0) is 14.1. The third kappa shape index (κ3) is 2.76. The van der Waals surface area contributed by atoms with Crippen molar-refractivity contribution in [2.45, 2.75) is 44.4 Å². The first kappa shape index (κ1) is 13.7. The van der Waals surface area contributed by atoms with E-state index in [0.717, 1.165) is 24.5 Å². The topological polar surface area (TPSA) is 50.7 Å². The summed E-state index contributed by atoms with van der Waals surface area (Å²) in [6.45, 7) is 2.93. The third-order valence-corrected chi connectivity index (χ3v) is 4.39. The van der Waals surface area contributed by atoms with Crippen molar-refractivity contribution in [3.05, 3.63) is 23.8 Å². The van der Waals surface area contributed by atoms with Crippen LogP contribution in [0.3, 0.4) is 0 Å². The highest BCUT2D eigenvalue weighted by Gasteiger charge is 2.41. The van der Waals surface area contributed by atoms with Crippen molar-refractivity contribution in [2.24, 2.45) is 5.92 Å². The molecule has 1 saturated heterocycles. The monoisotopic (exact) mass is 277 g/mol. The normalized spacial score (nSPS) is 27.5. The molecular formula is C16H23NO3. The molecular weight excluding hydrogens is 254 g/mol. The summed E-state index contributed by atoms with van der Waals surface area (Å²) in [4.78, 5) is 0. The molecule has 4 heteroatoms. The average molecular weight is 277 g/mol. The quantitative estimate of drug-likeness (QED) is 0.868. The number of hydrogen-bond acceptors (Lipinski definition) is 4. The van der Waals surface area contributed by atoms with Gasteiger partial charge < -0.3 is 19.9 Å². The van der Waals surface area contributed by atoms with Gasteiger partial charge in [0, 0.05) is 30.3 Å². The standard InChI is InChI=1S/C16H23NO3/c1-10(13-6-5-12(19-2)9-15(13)18)17-14-7-8-20-16(14)11-3-4-11/h5-6,9-11,14,16-18H,3-4,7-8H2,1-2H3. The maximum absolute atomic E-state index is 10.1. The summed E-state index contributed by atoms with van der Waals surface area (Å²) in [7, 11) is 1.60. The summed E-state index contributed by atoms with van der Waals surface area (Å²) in [6.07, 6.45) is 4.01. The summed E-state index contributed by atoms with van der Waals surface area (Å²) in [5.41, 5.74) is 0.909. The van der Waals surface area contributed by atoms with Gasteiger partial charge in [0.25, 0.3) is 0 Å². The van der Waals surface area contributed by atoms with Crippen molar-refractivity contribution in [3.8, 4) is 11.5 Å². The highest BCUT2D eigenvalue weighted by molar-refractivity contribution is 5.41. The maximum atomic E-state index is 10.1. The van der Waals surface area contributed by atoms with Crippen LogP contribution in [-0.4, -0.2) is 31.0 Å². The molecule has 0 aromatic heterocycles. The first-order chi connectivity index (χ1) is 9.69. The van der Waals surface area contributed by atoms with Gasteiger partial charge in [-0.05, 0) is 38.2 Å². The van der Waals surface area contributed by atoms with Gasteiger partial charge in [-0.1, -0.05) is 6.07 Å². The molecule has 1 saturated carbocycles. The van der Waals surface area contributed by atoms with Gasteiger partial charge in [0.05, 0.1) is 13.2 Å². The molecule has 0 spiro atoms. The lowest BCUT2D eigenvalue weighted by Crippen LogP contribution is -2.39. The zero-order valence-corrected chi connectivity index (χ0v) is 12.1. The number of methoxy groups -OCH3 is 1. The second-order valence-electron chi connectivity index (χ2n) is 5.88. The van der Waals surface area contributed by atoms with E-state index in [9.17, 15) is 5.11 Å². The van der Waals surface area contributed by atoms with E-state index in [1.165, 1.54) is 12.8 Å². The highest BCUT2D eigenvalue weighted by Crippen LogP contribution is 2.39. The predicted octanol–water partition coefficient (Wildman–Crippen LogP) is 2.62. The predicted molar refractivity (Wildman–Crippen MR) is 77.1 cm³/mol. The lowest BCUT2D eigenvalue weighted by molar-refractivity contribution is 0.0792. The average Bonchev–Trinajstić information content (AvgIpc) is 3.19. The minimum absolute atomic E-state index is 0.105. The molecule has 20 heavy (non-hydrogen) atoms. The fourth-order valence-electron chi connectivity index (χ4n) is 3.11. The van der Waals surface area contributed by atoms with Crippen LogP contribution in [0.2, 0.25) is 0 Å². The van der Waals surface area contributed by atoms with E-state index in [-0.39, 0.29) is 11.8 Å². The number of phenolic OH excluding ortho intramolecular Hbond substituents is 1. The van der Waals surface area contributed by atoms with Gasteiger partial charge in [0.15, 0.2) is 0 Å². The Kier molecular flexibility index (Phi) is 3.85. The molecule has 4 nitrogen and oxygen atoms in total. The van der Waals surface area contributed by atoms with Crippen LogP contribution in [-0.2, 0) is 4.74 Å². The molecule has 2 aliphatic rings. The van der Waals surface area contributed by atoms with E-state index in [4.69, 9.17) is 9.47 Å². The van der Waals surface area contributed by atoms with E-state index in [1.54, 1.807) is 13.2 Å². The Balaban J connectivity index is 1.67. The van der Waals surface area contributed by atoms with Crippen LogP contribution in [0.5, 0.6) is 11.5 Å². The first-order valence-corrected chi connectivity index (χ1v) is 7.43. The molecule has 1 heterocycles. The molecule has 0 amide bonds. The second kappa shape index (κ2) is 5.62. The summed E-state index contributed by atoms with van der Waals surface area (Å²) < 4.78 is 11.0. The van der Waals surface area contributed by atoms with Crippen molar-refractivity contribution in [1.29, 1.82) is 0 Å². The number of rotatable bonds is 5. The number of hydrogen-bond donors (Lipinski definition) is 2. The van der Waals surface area contributed by atoms with Crippen LogP contribution >= 0.6 is 0 Å². The first-order valence-electron chi connectivity index (χ1n) is 7.43. The molecule has 2 fully saturated rings. The van der Waals surface area contributed by atoms with Crippen LogP contribution in [0.25, 0.3) is 0 Å². The van der Waals surface area contributed by atoms with Gasteiger partial charge in [0.2, 0.25) is 0 Å². The zero-order valence-electron chi connectivity index (χ0n) is 12.1. The van der Waals surface area contributed by atoms with Crippen LogP contribution in [0.1, 0.15) is 37.8 Å². The Morgan fingerprint density at radius 2 is 2.15 bits per heavy atom. The van der Waals surface area contributed by atoms with Crippen molar-refractivity contribution in [1.82, 2.24) is 5.32 Å². The fourth-order valence-corrected chi connectivity index (χ4v) is 3.11. The van der Waals surface area contributed by atoms with E-state index < -0.39 is 0 Å². The molecule has 3 unspecified atom stereocenters. The SMILES string of the molecule is COc1ccc(C(C)NC2CCOC2C2CC2)c(O)c1. The molecule has 1 aliphatic carbocycles. The van der Waals surface area contributed by atoms with Gasteiger partial charge in [-0.2, -0.15) is 0 Å². The molecule has 0 radical (unpaired) electrons. The van der Waals surface area contributed by atoms with E-state index in [2.05, 4.69) is 12.2 Å². The lowest BCUT2D eigenvalue weighted by Gasteiger charge is -2.24. The van der Waals surface area contributed by atoms with Crippen LogP contribution in [0.15, 0.2) is 18.2 Å².